The first-order chi connectivity index (χ1) is 18.4. The molecule has 0 fully saturated rings. The van der Waals surface area contributed by atoms with Gasteiger partial charge in [0.15, 0.2) is 11.5 Å². The second-order valence-electron chi connectivity index (χ2n) is 9.62. The number of nitrogen functional groups attached to an aromatic ring is 2. The number of benzene rings is 2. The summed E-state index contributed by atoms with van der Waals surface area (Å²) in [6, 6.07) is 12.3. The quantitative estimate of drug-likeness (QED) is 0.364. The number of aromatic nitrogens is 2. The number of methoxy groups -OCH3 is 2. The van der Waals surface area contributed by atoms with E-state index in [1.165, 1.54) is 11.1 Å². The zero-order chi connectivity index (χ0) is 27.2. The fourth-order valence-electron chi connectivity index (χ4n) is 5.38. The van der Waals surface area contributed by atoms with Gasteiger partial charge < -0.3 is 20.9 Å². The van der Waals surface area contributed by atoms with Crippen LogP contribution in [0.1, 0.15) is 67.0 Å². The van der Waals surface area contributed by atoms with E-state index in [0.717, 1.165) is 29.5 Å². The van der Waals surface area contributed by atoms with E-state index in [1.807, 2.05) is 17.1 Å². The molecule has 0 saturated heterocycles. The van der Waals surface area contributed by atoms with E-state index in [9.17, 15) is 4.79 Å². The normalized spacial score (nSPS) is 14.9. The summed E-state index contributed by atoms with van der Waals surface area (Å²) >= 11 is 0. The summed E-state index contributed by atoms with van der Waals surface area (Å²) < 4.78 is 11.3. The SMILES string of the molecule is CCC(CC)[C@H]1c2ccccc2CNN1C(=O)CCc1cc(Cc2cnc(N)nc2N)cc(OC)c1OC. The van der Waals surface area contributed by atoms with E-state index in [4.69, 9.17) is 20.9 Å². The molecule has 0 bridgehead atoms. The maximum atomic E-state index is 13.7. The van der Waals surface area contributed by atoms with Crippen molar-refractivity contribution in [2.75, 3.05) is 25.7 Å². The Morgan fingerprint density at radius 1 is 1.13 bits per heavy atom. The number of nitrogens with one attached hydrogen (secondary N) is 1. The molecular formula is C29H38N6O3. The van der Waals surface area contributed by atoms with Crippen molar-refractivity contribution in [2.45, 2.75) is 58.5 Å². The van der Waals surface area contributed by atoms with Gasteiger partial charge >= 0.3 is 0 Å². The topological polar surface area (TPSA) is 129 Å². The van der Waals surface area contributed by atoms with E-state index < -0.39 is 0 Å². The number of fused-ring (bicyclic) bond motifs is 1. The highest BCUT2D eigenvalue weighted by molar-refractivity contribution is 5.77. The largest absolute Gasteiger partial charge is 0.493 e. The van der Waals surface area contributed by atoms with Gasteiger partial charge in [-0.25, -0.2) is 10.4 Å². The highest BCUT2D eigenvalue weighted by Crippen LogP contribution is 2.38. The lowest BCUT2D eigenvalue weighted by molar-refractivity contribution is -0.140. The molecule has 0 saturated carbocycles. The minimum absolute atomic E-state index is 0.00120. The molecule has 1 atom stereocenters. The Bertz CT molecular complexity index is 1280. The van der Waals surface area contributed by atoms with Crippen LogP contribution in [-0.4, -0.2) is 35.1 Å². The minimum Gasteiger partial charge on any atom is -0.493 e. The summed E-state index contributed by atoms with van der Waals surface area (Å²) in [6.45, 7) is 5.02. The molecule has 9 nitrogen and oxygen atoms in total. The van der Waals surface area contributed by atoms with Crippen molar-refractivity contribution in [2.24, 2.45) is 5.92 Å². The van der Waals surface area contributed by atoms with Crippen molar-refractivity contribution in [3.63, 3.8) is 0 Å². The van der Waals surface area contributed by atoms with E-state index in [0.29, 0.717) is 49.0 Å². The van der Waals surface area contributed by atoms with Crippen LogP contribution in [0.25, 0.3) is 0 Å². The summed E-state index contributed by atoms with van der Waals surface area (Å²) in [5, 5.41) is 1.86. The maximum absolute atomic E-state index is 13.7. The third kappa shape index (κ3) is 5.67. The molecule has 1 amide bonds. The highest BCUT2D eigenvalue weighted by Gasteiger charge is 2.35. The molecule has 1 aliphatic heterocycles. The van der Waals surface area contributed by atoms with Gasteiger partial charge in [0.25, 0.3) is 0 Å². The van der Waals surface area contributed by atoms with Crippen LogP contribution < -0.4 is 26.4 Å². The number of carbonyl (C=O) groups is 1. The zero-order valence-electron chi connectivity index (χ0n) is 22.7. The molecule has 2 aromatic carbocycles. The number of nitrogens with zero attached hydrogens (tertiary/aromatic N) is 3. The number of ether oxygens (including phenoxy) is 2. The van der Waals surface area contributed by atoms with Crippen molar-refractivity contribution in [1.29, 1.82) is 0 Å². The van der Waals surface area contributed by atoms with E-state index >= 15 is 0 Å². The predicted octanol–water partition coefficient (Wildman–Crippen LogP) is 4.21. The van der Waals surface area contributed by atoms with Crippen molar-refractivity contribution in [3.05, 3.63) is 70.4 Å². The lowest BCUT2D eigenvalue weighted by Gasteiger charge is -2.41. The number of amides is 1. The number of hydrogen-bond donors (Lipinski definition) is 3. The molecule has 9 heteroatoms. The van der Waals surface area contributed by atoms with Gasteiger partial charge in [0.05, 0.1) is 20.3 Å². The van der Waals surface area contributed by atoms with Gasteiger partial charge in [0, 0.05) is 31.1 Å². The third-order valence-electron chi connectivity index (χ3n) is 7.39. The molecule has 0 aliphatic carbocycles. The summed E-state index contributed by atoms with van der Waals surface area (Å²) in [5.74, 6) is 2.12. The number of hydrazine groups is 1. The molecule has 0 radical (unpaired) electrons. The first kappa shape index (κ1) is 27.2. The molecular weight excluding hydrogens is 480 g/mol. The molecule has 5 N–H and O–H groups in total. The van der Waals surface area contributed by atoms with Crippen LogP contribution in [0.3, 0.4) is 0 Å². The molecule has 1 aromatic heterocycles. The van der Waals surface area contributed by atoms with Crippen LogP contribution in [0, 0.1) is 5.92 Å². The first-order valence-electron chi connectivity index (χ1n) is 13.1. The Kier molecular flexibility index (Phi) is 8.68. The second kappa shape index (κ2) is 12.1. The van der Waals surface area contributed by atoms with Crippen LogP contribution in [0.5, 0.6) is 11.5 Å². The Morgan fingerprint density at radius 3 is 2.58 bits per heavy atom. The van der Waals surface area contributed by atoms with Gasteiger partial charge in [-0.15, -0.1) is 0 Å². The fraction of sp³-hybridized carbons (Fsp3) is 0.414. The van der Waals surface area contributed by atoms with Crippen molar-refractivity contribution < 1.29 is 14.3 Å². The molecule has 0 spiro atoms. The minimum atomic E-state index is -0.00120. The van der Waals surface area contributed by atoms with Crippen LogP contribution in [-0.2, 0) is 24.2 Å². The first-order valence-corrected chi connectivity index (χ1v) is 13.1. The second-order valence-corrected chi connectivity index (χ2v) is 9.62. The standard InChI is InChI=1S/C29H38N6O3/c1-5-19(6-2)26-23-10-8-7-9-21(23)17-33-35(26)25(36)12-11-20-13-18(15-24(37-3)27(20)38-4)14-22-16-32-29(31)34-28(22)30/h7-10,13,15-16,19,26,33H,5-6,11-12,14,17H2,1-4H3,(H4,30,31,32,34)/t26-/m0/s1. The smallest absolute Gasteiger partial charge is 0.237 e. The Hall–Kier alpha value is -3.85. The number of carbonyl (C=O) groups excluding carboxylic acids is 1. The molecule has 4 rings (SSSR count). The summed E-state index contributed by atoms with van der Waals surface area (Å²) in [6.07, 6.45) is 4.93. The number of anilines is 2. The third-order valence-corrected chi connectivity index (χ3v) is 7.39. The van der Waals surface area contributed by atoms with Crippen LogP contribution >= 0.6 is 0 Å². The van der Waals surface area contributed by atoms with Crippen molar-refractivity contribution in [1.82, 2.24) is 20.4 Å². The Morgan fingerprint density at radius 2 is 1.89 bits per heavy atom. The Balaban J connectivity index is 1.58. The van der Waals surface area contributed by atoms with Gasteiger partial charge in [0.1, 0.15) is 5.82 Å². The number of hydrogen-bond acceptors (Lipinski definition) is 8. The number of aryl methyl sites for hydroxylation is 1. The fourth-order valence-corrected chi connectivity index (χ4v) is 5.38. The lowest BCUT2D eigenvalue weighted by Crippen LogP contribution is -2.50. The lowest BCUT2D eigenvalue weighted by atomic mass is 9.84. The monoisotopic (exact) mass is 518 g/mol. The predicted molar refractivity (Wildman–Crippen MR) is 148 cm³/mol. The van der Waals surface area contributed by atoms with Crippen LogP contribution in [0.2, 0.25) is 0 Å². The van der Waals surface area contributed by atoms with E-state index in [-0.39, 0.29) is 17.9 Å². The van der Waals surface area contributed by atoms with E-state index in [2.05, 4.69) is 53.5 Å². The van der Waals surface area contributed by atoms with Crippen LogP contribution in [0.15, 0.2) is 42.6 Å². The van der Waals surface area contributed by atoms with Gasteiger partial charge in [-0.1, -0.05) is 57.0 Å². The summed E-state index contributed by atoms with van der Waals surface area (Å²) in [5.41, 5.74) is 20.2. The van der Waals surface area contributed by atoms with Crippen molar-refractivity contribution >= 4 is 17.7 Å². The summed E-state index contributed by atoms with van der Waals surface area (Å²) in [4.78, 5) is 21.8. The number of rotatable bonds is 10. The zero-order valence-corrected chi connectivity index (χ0v) is 22.7. The van der Waals surface area contributed by atoms with Gasteiger partial charge in [0.2, 0.25) is 11.9 Å². The van der Waals surface area contributed by atoms with Gasteiger partial charge in [-0.05, 0) is 40.7 Å². The molecule has 202 valence electrons. The van der Waals surface area contributed by atoms with Gasteiger partial charge in [-0.2, -0.15) is 4.98 Å². The molecule has 3 aromatic rings. The number of nitrogens with two attached hydrogens (primary N) is 2. The van der Waals surface area contributed by atoms with Crippen LogP contribution in [0.4, 0.5) is 11.8 Å². The molecule has 38 heavy (non-hydrogen) atoms. The Labute approximate surface area is 224 Å². The highest BCUT2D eigenvalue weighted by atomic mass is 16.5. The molecule has 0 unspecified atom stereocenters. The molecule has 1 aliphatic rings. The maximum Gasteiger partial charge on any atom is 0.237 e. The average Bonchev–Trinajstić information content (AvgIpc) is 2.93. The summed E-state index contributed by atoms with van der Waals surface area (Å²) in [7, 11) is 3.22. The average molecular weight is 519 g/mol. The van der Waals surface area contributed by atoms with Crippen molar-refractivity contribution in [3.8, 4) is 11.5 Å². The van der Waals surface area contributed by atoms with Gasteiger partial charge in [-0.3, -0.25) is 9.80 Å². The van der Waals surface area contributed by atoms with E-state index in [1.54, 1.807) is 20.4 Å². The molecule has 2 heterocycles.